The van der Waals surface area contributed by atoms with Crippen LogP contribution in [0.4, 0.5) is 0 Å². The Hall–Kier alpha value is -1.86. The molecule has 1 aromatic heterocycles. The molecule has 0 unspecified atom stereocenters. The van der Waals surface area contributed by atoms with Crippen molar-refractivity contribution < 1.29 is 14.3 Å². The van der Waals surface area contributed by atoms with Crippen molar-refractivity contribution >= 4 is 39.1 Å². The van der Waals surface area contributed by atoms with Crippen LogP contribution in [0.25, 0.3) is 0 Å². The number of hydrogen-bond donors (Lipinski definition) is 2. The summed E-state index contributed by atoms with van der Waals surface area (Å²) >= 11 is 4.63. The zero-order valence-corrected chi connectivity index (χ0v) is 15.2. The van der Waals surface area contributed by atoms with Gasteiger partial charge < -0.3 is 4.74 Å². The number of thiophene rings is 1. The first-order valence-corrected chi connectivity index (χ1v) is 8.71. The Balaban J connectivity index is 2.05. The van der Waals surface area contributed by atoms with Crippen LogP contribution in [0, 0.1) is 5.92 Å². The van der Waals surface area contributed by atoms with E-state index in [1.54, 1.807) is 35.7 Å². The summed E-state index contributed by atoms with van der Waals surface area (Å²) in [4.78, 5) is 24.7. The normalized spacial score (nSPS) is 10.4. The van der Waals surface area contributed by atoms with E-state index in [0.717, 1.165) is 4.47 Å². The number of carbonyl (C=O) groups is 2. The van der Waals surface area contributed by atoms with E-state index in [-0.39, 0.29) is 5.91 Å². The van der Waals surface area contributed by atoms with E-state index in [9.17, 15) is 9.59 Å². The zero-order chi connectivity index (χ0) is 16.8. The maximum atomic E-state index is 12.3. The molecule has 0 radical (unpaired) electrons. The fourth-order valence-corrected chi connectivity index (χ4v) is 2.69. The molecular weight excluding hydrogens is 380 g/mol. The molecule has 0 saturated heterocycles. The van der Waals surface area contributed by atoms with Crippen molar-refractivity contribution in [2.24, 2.45) is 5.92 Å². The Bertz CT molecular complexity index is 687. The molecule has 2 rings (SSSR count). The molecule has 122 valence electrons. The van der Waals surface area contributed by atoms with Crippen LogP contribution in [0.3, 0.4) is 0 Å². The Kier molecular flexibility index (Phi) is 6.18. The highest BCUT2D eigenvalue weighted by Gasteiger charge is 2.15. The standard InChI is InChI=1S/C16H17BrN2O3S/c1-10(2)9-22-13-6-5-11(17)8-12(13)15(20)18-19-16(21)14-4-3-7-23-14/h3-8,10H,9H2,1-2H3,(H,18,20)(H,19,21). The number of carbonyl (C=O) groups excluding carboxylic acids is 2. The summed E-state index contributed by atoms with van der Waals surface area (Å²) in [6.45, 7) is 4.56. The molecule has 0 fully saturated rings. The second-order valence-corrected chi connectivity index (χ2v) is 7.09. The molecule has 2 N–H and O–H groups in total. The van der Waals surface area contributed by atoms with Gasteiger partial charge in [0.15, 0.2) is 0 Å². The summed E-state index contributed by atoms with van der Waals surface area (Å²) in [6.07, 6.45) is 0. The van der Waals surface area contributed by atoms with E-state index in [4.69, 9.17) is 4.74 Å². The molecule has 1 heterocycles. The number of amides is 2. The molecule has 0 bridgehead atoms. The monoisotopic (exact) mass is 396 g/mol. The summed E-state index contributed by atoms with van der Waals surface area (Å²) in [5.74, 6) is 0.0285. The fourth-order valence-electron chi connectivity index (χ4n) is 1.71. The van der Waals surface area contributed by atoms with Crippen LogP contribution in [0.1, 0.15) is 33.9 Å². The number of hydrazine groups is 1. The lowest BCUT2D eigenvalue weighted by Crippen LogP contribution is -2.41. The Morgan fingerprint density at radius 1 is 1.22 bits per heavy atom. The van der Waals surface area contributed by atoms with Crippen molar-refractivity contribution in [3.8, 4) is 5.75 Å². The van der Waals surface area contributed by atoms with Gasteiger partial charge in [-0.15, -0.1) is 11.3 Å². The Morgan fingerprint density at radius 2 is 1.96 bits per heavy atom. The van der Waals surface area contributed by atoms with Crippen LogP contribution in [-0.2, 0) is 0 Å². The minimum absolute atomic E-state index is 0.341. The van der Waals surface area contributed by atoms with E-state index < -0.39 is 5.91 Å². The minimum Gasteiger partial charge on any atom is -0.492 e. The average molecular weight is 397 g/mol. The highest BCUT2D eigenvalue weighted by Crippen LogP contribution is 2.23. The molecule has 2 aromatic rings. The fraction of sp³-hybridized carbons (Fsp3) is 0.250. The third-order valence-electron chi connectivity index (χ3n) is 2.79. The molecule has 0 spiro atoms. The largest absolute Gasteiger partial charge is 0.492 e. The van der Waals surface area contributed by atoms with Crippen molar-refractivity contribution in [1.82, 2.24) is 10.9 Å². The number of ether oxygens (including phenoxy) is 1. The van der Waals surface area contributed by atoms with Gasteiger partial charge in [-0.05, 0) is 35.6 Å². The molecule has 0 aliphatic rings. The van der Waals surface area contributed by atoms with Crippen LogP contribution in [0.2, 0.25) is 0 Å². The number of halogens is 1. The molecule has 23 heavy (non-hydrogen) atoms. The number of nitrogens with one attached hydrogen (secondary N) is 2. The summed E-state index contributed by atoms with van der Waals surface area (Å²) in [5, 5.41) is 1.79. The minimum atomic E-state index is -0.435. The van der Waals surface area contributed by atoms with E-state index >= 15 is 0 Å². The third-order valence-corrected chi connectivity index (χ3v) is 4.15. The highest BCUT2D eigenvalue weighted by molar-refractivity contribution is 9.10. The molecule has 0 saturated carbocycles. The summed E-state index contributed by atoms with van der Waals surface area (Å²) in [5.41, 5.74) is 5.16. The second kappa shape index (κ2) is 8.12. The molecule has 7 heteroatoms. The predicted molar refractivity (Wildman–Crippen MR) is 93.7 cm³/mol. The van der Waals surface area contributed by atoms with Gasteiger partial charge in [-0.3, -0.25) is 20.4 Å². The van der Waals surface area contributed by atoms with Gasteiger partial charge in [0.05, 0.1) is 17.0 Å². The van der Waals surface area contributed by atoms with Gasteiger partial charge in [0.2, 0.25) is 0 Å². The SMILES string of the molecule is CC(C)COc1ccc(Br)cc1C(=O)NNC(=O)c1cccs1. The van der Waals surface area contributed by atoms with Crippen molar-refractivity contribution in [3.63, 3.8) is 0 Å². The number of benzene rings is 1. The maximum Gasteiger partial charge on any atom is 0.279 e. The lowest BCUT2D eigenvalue weighted by atomic mass is 10.2. The molecule has 1 aromatic carbocycles. The number of rotatable bonds is 5. The quantitative estimate of drug-likeness (QED) is 0.758. The zero-order valence-electron chi connectivity index (χ0n) is 12.8. The maximum absolute atomic E-state index is 12.3. The summed E-state index contributed by atoms with van der Waals surface area (Å²) < 4.78 is 6.42. The topological polar surface area (TPSA) is 67.4 Å². The first kappa shape index (κ1) is 17.5. The summed E-state index contributed by atoms with van der Waals surface area (Å²) in [7, 11) is 0. The van der Waals surface area contributed by atoms with E-state index in [2.05, 4.69) is 26.8 Å². The van der Waals surface area contributed by atoms with Crippen LogP contribution in [0.15, 0.2) is 40.2 Å². The van der Waals surface area contributed by atoms with Crippen molar-refractivity contribution in [2.75, 3.05) is 6.61 Å². The van der Waals surface area contributed by atoms with Gasteiger partial charge in [-0.2, -0.15) is 0 Å². The van der Waals surface area contributed by atoms with Gasteiger partial charge >= 0.3 is 0 Å². The first-order valence-electron chi connectivity index (χ1n) is 7.04. The van der Waals surface area contributed by atoms with E-state index in [0.29, 0.717) is 28.7 Å². The first-order chi connectivity index (χ1) is 11.0. The third kappa shape index (κ3) is 5.07. The van der Waals surface area contributed by atoms with Gasteiger partial charge in [0, 0.05) is 4.47 Å². The smallest absolute Gasteiger partial charge is 0.279 e. The van der Waals surface area contributed by atoms with E-state index in [1.165, 1.54) is 11.3 Å². The van der Waals surface area contributed by atoms with Gasteiger partial charge in [0.25, 0.3) is 11.8 Å². The highest BCUT2D eigenvalue weighted by atomic mass is 79.9. The lowest BCUT2D eigenvalue weighted by molar-refractivity contribution is 0.0846. The molecule has 0 atom stereocenters. The molecular formula is C16H17BrN2O3S. The van der Waals surface area contributed by atoms with Crippen LogP contribution in [0.5, 0.6) is 5.75 Å². The summed E-state index contributed by atoms with van der Waals surface area (Å²) in [6, 6.07) is 8.64. The predicted octanol–water partition coefficient (Wildman–Crippen LogP) is 3.62. The van der Waals surface area contributed by atoms with Crippen molar-refractivity contribution in [3.05, 3.63) is 50.6 Å². The second-order valence-electron chi connectivity index (χ2n) is 5.23. The molecule has 0 aliphatic heterocycles. The van der Waals surface area contributed by atoms with Crippen LogP contribution in [-0.4, -0.2) is 18.4 Å². The Labute approximate surface area is 147 Å². The molecule has 5 nitrogen and oxygen atoms in total. The van der Waals surface area contributed by atoms with Crippen molar-refractivity contribution in [1.29, 1.82) is 0 Å². The van der Waals surface area contributed by atoms with Gasteiger partial charge in [-0.1, -0.05) is 35.8 Å². The van der Waals surface area contributed by atoms with Crippen molar-refractivity contribution in [2.45, 2.75) is 13.8 Å². The average Bonchev–Trinajstić information content (AvgIpc) is 3.05. The van der Waals surface area contributed by atoms with Gasteiger partial charge in [-0.25, -0.2) is 0 Å². The Morgan fingerprint density at radius 3 is 2.61 bits per heavy atom. The van der Waals surface area contributed by atoms with Crippen LogP contribution < -0.4 is 15.6 Å². The lowest BCUT2D eigenvalue weighted by Gasteiger charge is -2.14. The van der Waals surface area contributed by atoms with Crippen LogP contribution >= 0.6 is 27.3 Å². The number of hydrogen-bond acceptors (Lipinski definition) is 4. The van der Waals surface area contributed by atoms with Gasteiger partial charge in [0.1, 0.15) is 5.75 Å². The van der Waals surface area contributed by atoms with E-state index in [1.807, 2.05) is 13.8 Å². The molecule has 2 amide bonds. The molecule has 0 aliphatic carbocycles.